The van der Waals surface area contributed by atoms with Gasteiger partial charge in [-0.3, -0.25) is 14.8 Å². The summed E-state index contributed by atoms with van der Waals surface area (Å²) in [5.41, 5.74) is 2.99. The Balaban J connectivity index is 0.000000189. The molecule has 4 aromatic heterocycles. The zero-order valence-electron chi connectivity index (χ0n) is 44.5. The second kappa shape index (κ2) is 27.5. The van der Waals surface area contributed by atoms with Crippen LogP contribution in [0.25, 0.3) is 87.5 Å². The minimum Gasteiger partial charge on any atom is -0.476 e. The van der Waals surface area contributed by atoms with Gasteiger partial charge in [0.2, 0.25) is 5.88 Å². The number of rotatable bonds is 19. The van der Waals surface area contributed by atoms with E-state index in [1.807, 2.05) is 36.4 Å². The first-order valence-electron chi connectivity index (χ1n) is 27.0. The number of aromatic nitrogens is 8. The summed E-state index contributed by atoms with van der Waals surface area (Å²) in [6.07, 6.45) is 14.5. The van der Waals surface area contributed by atoms with Gasteiger partial charge in [-0.2, -0.15) is 9.97 Å². The van der Waals surface area contributed by atoms with Crippen LogP contribution in [0, 0.1) is 17.8 Å². The first kappa shape index (κ1) is 58.5. The second-order valence-corrected chi connectivity index (χ2v) is 24.0. The van der Waals surface area contributed by atoms with Gasteiger partial charge in [-0.15, -0.1) is 0 Å². The van der Waals surface area contributed by atoms with Gasteiger partial charge in [-0.1, -0.05) is 203 Å². The first-order chi connectivity index (χ1) is 37.3. The van der Waals surface area contributed by atoms with Crippen molar-refractivity contribution in [1.82, 2.24) is 39.9 Å². The largest absolute Gasteiger partial charge is 0.476 e. The Labute approximate surface area is 490 Å². The van der Waals surface area contributed by atoms with E-state index in [0.717, 1.165) is 104 Å². The minimum atomic E-state index is -0.606. The second-order valence-electron chi connectivity index (χ2n) is 19.7. The number of aromatic amines is 2. The lowest BCUT2D eigenvalue weighted by atomic mass is 9.99. The molecule has 12 nitrogen and oxygen atoms in total. The van der Waals surface area contributed by atoms with Crippen molar-refractivity contribution in [1.29, 1.82) is 0 Å². The molecule has 10 rings (SSSR count). The van der Waals surface area contributed by atoms with Gasteiger partial charge in [0.15, 0.2) is 22.3 Å². The normalized spacial score (nSPS) is 12.8. The highest BCUT2D eigenvalue weighted by Crippen LogP contribution is 2.39. The number of fused-ring (bicyclic) bond motifs is 14. The minimum absolute atomic E-state index is 0.104. The summed E-state index contributed by atoms with van der Waals surface area (Å²) in [5, 5.41) is 9.25. The number of nitrogens with zero attached hydrogens (tertiary/aromatic N) is 6. The van der Waals surface area contributed by atoms with E-state index in [4.69, 9.17) is 29.4 Å². The Morgan fingerprint density at radius 3 is 1.31 bits per heavy atom. The van der Waals surface area contributed by atoms with E-state index in [-0.39, 0.29) is 11.2 Å². The van der Waals surface area contributed by atoms with Gasteiger partial charge < -0.3 is 9.47 Å². The Hall–Kier alpha value is -4.68. The van der Waals surface area contributed by atoms with Crippen LogP contribution >= 0.6 is 79.6 Å². The van der Waals surface area contributed by atoms with Crippen LogP contribution in [0.3, 0.4) is 0 Å². The number of H-pyrrole nitrogens is 2. The van der Waals surface area contributed by atoms with E-state index in [2.05, 4.69) is 178 Å². The third-order valence-electron chi connectivity index (χ3n) is 14.3. The Morgan fingerprint density at radius 2 is 0.870 bits per heavy atom. The summed E-state index contributed by atoms with van der Waals surface area (Å²) in [6.45, 7) is 14.5. The maximum absolute atomic E-state index is 12.2. The monoisotopic (exact) mass is 1360 g/mol. The van der Waals surface area contributed by atoms with Crippen LogP contribution in [-0.4, -0.2) is 58.4 Å². The number of halogens is 5. The zero-order chi connectivity index (χ0) is 54.8. The molecular weight excluding hydrogens is 1300 g/mol. The maximum atomic E-state index is 12.2. The lowest BCUT2D eigenvalue weighted by Crippen LogP contribution is -2.23. The molecule has 0 aliphatic rings. The van der Waals surface area contributed by atoms with Crippen molar-refractivity contribution < 1.29 is 9.47 Å². The molecule has 0 radical (unpaired) electrons. The standard InChI is InChI=1S/C34H40Br2N4O2.C18H8Br2N4O2.C8H17Br/c1-5-9-11-21(7-3)19-41-33-31-32(39-34(40-33)42-20-22(8-4)12-10-6-2)38-30-28-18-24(36)14-16-26(28)25-15-13-23(35)17-27(25)29(30)37-31;19-7-1-3-9-10-4-2-8(20)6-12(10)14-13(11(9)5-7)21-15-16(22-14)23-18(26)24-17(15)25;1-3-5-6-8(4-2)7-9/h13-18,21-22H,5-12,19-20H2,1-4H3;1-6H,(H2,22,23,24,25,26);8H,3-7H2,1-2H3. The van der Waals surface area contributed by atoms with Gasteiger partial charge in [0, 0.05) is 44.8 Å². The molecule has 404 valence electrons. The number of ether oxygens (including phenoxy) is 2. The van der Waals surface area contributed by atoms with Crippen LogP contribution in [0.4, 0.5) is 0 Å². The summed E-state index contributed by atoms with van der Waals surface area (Å²) in [6, 6.07) is 24.8. The molecule has 0 bridgehead atoms. The molecule has 2 N–H and O–H groups in total. The molecule has 0 saturated carbocycles. The van der Waals surface area contributed by atoms with Crippen molar-refractivity contribution in [3.05, 3.63) is 112 Å². The Kier molecular flexibility index (Phi) is 20.9. The van der Waals surface area contributed by atoms with Crippen molar-refractivity contribution in [3.8, 4) is 11.9 Å². The number of nitrogens with one attached hydrogen (secondary N) is 2. The van der Waals surface area contributed by atoms with E-state index in [0.29, 0.717) is 59.1 Å². The predicted octanol–water partition coefficient (Wildman–Crippen LogP) is 18.2. The summed E-state index contributed by atoms with van der Waals surface area (Å²) in [4.78, 5) is 57.6. The van der Waals surface area contributed by atoms with Gasteiger partial charge in [0.25, 0.3) is 5.56 Å². The summed E-state index contributed by atoms with van der Waals surface area (Å²) in [5.74, 6) is 2.27. The van der Waals surface area contributed by atoms with Crippen molar-refractivity contribution in [2.75, 3.05) is 18.5 Å². The van der Waals surface area contributed by atoms with E-state index >= 15 is 0 Å². The van der Waals surface area contributed by atoms with E-state index in [9.17, 15) is 9.59 Å². The summed E-state index contributed by atoms with van der Waals surface area (Å²) >= 11 is 17.8. The smallest absolute Gasteiger partial charge is 0.327 e. The molecule has 0 saturated heterocycles. The molecule has 6 aromatic carbocycles. The van der Waals surface area contributed by atoms with Crippen molar-refractivity contribution in [3.63, 3.8) is 0 Å². The van der Waals surface area contributed by atoms with Crippen LogP contribution in [-0.2, 0) is 0 Å². The molecule has 0 aliphatic heterocycles. The van der Waals surface area contributed by atoms with Crippen LogP contribution in [0.1, 0.15) is 119 Å². The zero-order valence-corrected chi connectivity index (χ0v) is 52.4. The third kappa shape index (κ3) is 13.8. The fourth-order valence-electron chi connectivity index (χ4n) is 9.66. The van der Waals surface area contributed by atoms with Gasteiger partial charge in [0.1, 0.15) is 0 Å². The summed E-state index contributed by atoms with van der Waals surface area (Å²) < 4.78 is 16.5. The van der Waals surface area contributed by atoms with Crippen molar-refractivity contribution in [2.45, 2.75) is 119 Å². The molecule has 0 fully saturated rings. The fourth-order valence-corrected chi connectivity index (χ4v) is 11.9. The van der Waals surface area contributed by atoms with E-state index in [1.54, 1.807) is 0 Å². The van der Waals surface area contributed by atoms with E-state index < -0.39 is 11.2 Å². The molecule has 3 unspecified atom stereocenters. The Morgan fingerprint density at radius 1 is 0.455 bits per heavy atom. The topological polar surface area (TPSA) is 162 Å². The lowest BCUT2D eigenvalue weighted by Gasteiger charge is -2.18. The fraction of sp³-hybridized carbons (Fsp3) is 0.400. The lowest BCUT2D eigenvalue weighted by molar-refractivity contribution is 0.204. The highest BCUT2D eigenvalue weighted by atomic mass is 79.9. The van der Waals surface area contributed by atoms with Crippen LogP contribution < -0.4 is 20.7 Å². The van der Waals surface area contributed by atoms with Crippen molar-refractivity contribution >= 4 is 167 Å². The predicted molar refractivity (Wildman–Crippen MR) is 336 cm³/mol. The highest BCUT2D eigenvalue weighted by Gasteiger charge is 2.21. The average molecular weight is 1360 g/mol. The van der Waals surface area contributed by atoms with Crippen LogP contribution in [0.15, 0.2) is 100 Å². The van der Waals surface area contributed by atoms with Gasteiger partial charge in [-0.05, 0) is 107 Å². The molecular formula is C60H65Br5N8O4. The first-order valence-corrected chi connectivity index (χ1v) is 31.3. The molecule has 17 heteroatoms. The molecule has 77 heavy (non-hydrogen) atoms. The molecule has 4 heterocycles. The molecule has 10 aromatic rings. The van der Waals surface area contributed by atoms with Crippen LogP contribution in [0.2, 0.25) is 0 Å². The van der Waals surface area contributed by atoms with Crippen LogP contribution in [0.5, 0.6) is 11.9 Å². The molecule has 0 aliphatic carbocycles. The number of unbranched alkanes of at least 4 members (excludes halogenated alkanes) is 3. The number of hydrogen-bond donors (Lipinski definition) is 2. The highest BCUT2D eigenvalue weighted by molar-refractivity contribution is 9.11. The summed E-state index contributed by atoms with van der Waals surface area (Å²) in [7, 11) is 0. The number of alkyl halides is 1. The number of benzene rings is 6. The maximum Gasteiger partial charge on any atom is 0.327 e. The molecule has 0 spiro atoms. The van der Waals surface area contributed by atoms with E-state index in [1.165, 1.54) is 56.7 Å². The van der Waals surface area contributed by atoms with Gasteiger partial charge in [-0.25, -0.2) is 24.7 Å². The average Bonchev–Trinajstić information content (AvgIpc) is 3.52. The quantitative estimate of drug-likeness (QED) is 0.0453. The molecule has 0 amide bonds. The SMILES string of the molecule is CCCCC(CC)CBr.CCCCC(CC)COc1nc(OCC(CC)CCCC)c2nc3c4cc(Br)ccc4c4ccc(Br)cc4c3nc2n1.O=c1[nH]c(=O)c2nc3c4cc(Br)ccc4c4ccc(Br)cc4c3nc2[nH]1. The molecule has 3 atom stereocenters. The van der Waals surface area contributed by atoms with Gasteiger partial charge in [0.05, 0.1) is 35.3 Å². The van der Waals surface area contributed by atoms with Crippen molar-refractivity contribution in [2.24, 2.45) is 17.8 Å². The third-order valence-corrected chi connectivity index (χ3v) is 17.2. The Bertz CT molecular complexity index is 3830. The number of hydrogen-bond acceptors (Lipinski definition) is 10. The van der Waals surface area contributed by atoms with Gasteiger partial charge >= 0.3 is 11.7 Å².